The van der Waals surface area contributed by atoms with E-state index in [9.17, 15) is 9.90 Å². The molecule has 0 bridgehead atoms. The van der Waals surface area contributed by atoms with Gasteiger partial charge in [-0.2, -0.15) is 0 Å². The fraction of sp³-hybridized carbons (Fsp3) is 0.111. The number of aromatic nitrogens is 1. The zero-order valence-corrected chi connectivity index (χ0v) is 13.8. The molecule has 0 spiro atoms. The summed E-state index contributed by atoms with van der Waals surface area (Å²) >= 11 is 1.51. The molecule has 0 aliphatic heterocycles. The Morgan fingerprint density at radius 1 is 1.21 bits per heavy atom. The minimum absolute atomic E-state index is 0.226. The molecule has 24 heavy (non-hydrogen) atoms. The van der Waals surface area contributed by atoms with Crippen molar-refractivity contribution in [1.82, 2.24) is 4.57 Å². The topological polar surface area (TPSA) is 74.8 Å². The van der Waals surface area contributed by atoms with E-state index in [-0.39, 0.29) is 11.3 Å². The molecular formula is C18H16N2O3S. The quantitative estimate of drug-likeness (QED) is 0.757. The zero-order chi connectivity index (χ0) is 17.1. The lowest BCUT2D eigenvalue weighted by Crippen LogP contribution is -2.14. The molecule has 0 saturated heterocycles. The predicted molar refractivity (Wildman–Crippen MR) is 93.7 cm³/mol. The van der Waals surface area contributed by atoms with E-state index in [2.05, 4.69) is 9.56 Å². The van der Waals surface area contributed by atoms with Crippen LogP contribution in [0.15, 0.2) is 58.9 Å². The molecule has 1 aromatic heterocycles. The number of hydrogen-bond donors (Lipinski definition) is 2. The minimum Gasteiger partial charge on any atom is -0.508 e. The third kappa shape index (κ3) is 3.23. The minimum atomic E-state index is -0.951. The summed E-state index contributed by atoms with van der Waals surface area (Å²) in [6.45, 7) is 2.77. The van der Waals surface area contributed by atoms with E-state index in [1.54, 1.807) is 36.4 Å². The third-order valence-electron chi connectivity index (χ3n) is 3.59. The third-order valence-corrected chi connectivity index (χ3v) is 4.46. The molecule has 122 valence electrons. The highest BCUT2D eigenvalue weighted by Crippen LogP contribution is 2.24. The molecule has 2 N–H and O–H groups in total. The number of carbonyl (C=O) groups is 1. The molecule has 0 aliphatic rings. The zero-order valence-electron chi connectivity index (χ0n) is 13.0. The van der Waals surface area contributed by atoms with Crippen molar-refractivity contribution in [3.8, 4) is 17.0 Å². The van der Waals surface area contributed by atoms with Gasteiger partial charge in [0, 0.05) is 17.5 Å². The summed E-state index contributed by atoms with van der Waals surface area (Å²) in [5, 5.41) is 20.6. The van der Waals surface area contributed by atoms with Crippen molar-refractivity contribution >= 4 is 23.0 Å². The number of hydrogen-bond acceptors (Lipinski definition) is 4. The van der Waals surface area contributed by atoms with Gasteiger partial charge in [-0.1, -0.05) is 12.1 Å². The second-order valence-corrected chi connectivity index (χ2v) is 6.00. The molecule has 6 heteroatoms. The summed E-state index contributed by atoms with van der Waals surface area (Å²) in [6, 6.07) is 13.6. The normalized spacial score (nSPS) is 11.6. The van der Waals surface area contributed by atoms with Crippen molar-refractivity contribution in [3.63, 3.8) is 0 Å². The molecule has 3 rings (SSSR count). The van der Waals surface area contributed by atoms with Crippen LogP contribution in [0.4, 0.5) is 5.69 Å². The van der Waals surface area contributed by atoms with Crippen molar-refractivity contribution in [2.75, 3.05) is 0 Å². The first-order valence-corrected chi connectivity index (χ1v) is 8.32. The monoisotopic (exact) mass is 340 g/mol. The second-order valence-electron chi connectivity index (χ2n) is 5.16. The van der Waals surface area contributed by atoms with Crippen molar-refractivity contribution in [2.45, 2.75) is 13.5 Å². The molecule has 0 fully saturated rings. The van der Waals surface area contributed by atoms with Crippen molar-refractivity contribution < 1.29 is 15.0 Å². The molecule has 0 radical (unpaired) electrons. The Labute approximate surface area is 142 Å². The number of carboxylic acid groups (broad SMARTS) is 1. The SMILES string of the molecule is CCn1c(-c2cccc(O)c2)cs/c1=N\c1ccc(C(=O)O)cc1. The van der Waals surface area contributed by atoms with Crippen LogP contribution >= 0.6 is 11.3 Å². The molecule has 1 heterocycles. The van der Waals surface area contributed by atoms with Gasteiger partial charge in [-0.25, -0.2) is 9.79 Å². The van der Waals surface area contributed by atoms with Gasteiger partial charge in [0.1, 0.15) is 5.75 Å². The van der Waals surface area contributed by atoms with E-state index in [0.29, 0.717) is 5.69 Å². The summed E-state index contributed by atoms with van der Waals surface area (Å²) in [6.07, 6.45) is 0. The predicted octanol–water partition coefficient (Wildman–Crippen LogP) is 3.87. The highest BCUT2D eigenvalue weighted by Gasteiger charge is 2.08. The number of nitrogens with zero attached hydrogens (tertiary/aromatic N) is 2. The maximum Gasteiger partial charge on any atom is 0.335 e. The first-order valence-electron chi connectivity index (χ1n) is 7.44. The van der Waals surface area contributed by atoms with Gasteiger partial charge in [-0.3, -0.25) is 0 Å². The van der Waals surface area contributed by atoms with Crippen LogP contribution in [0.2, 0.25) is 0 Å². The van der Waals surface area contributed by atoms with Gasteiger partial charge < -0.3 is 14.8 Å². The second kappa shape index (κ2) is 6.72. The Hall–Kier alpha value is -2.86. The fourth-order valence-electron chi connectivity index (χ4n) is 2.41. The summed E-state index contributed by atoms with van der Waals surface area (Å²) in [7, 11) is 0. The fourth-order valence-corrected chi connectivity index (χ4v) is 3.40. The summed E-state index contributed by atoms with van der Waals surface area (Å²) < 4.78 is 2.06. The average molecular weight is 340 g/mol. The summed E-state index contributed by atoms with van der Waals surface area (Å²) in [4.78, 5) is 16.3. The Balaban J connectivity index is 2.04. The molecule has 5 nitrogen and oxygen atoms in total. The molecule has 0 unspecified atom stereocenters. The summed E-state index contributed by atoms with van der Waals surface area (Å²) in [5.41, 5.74) is 2.85. The van der Waals surface area contributed by atoms with E-state index in [4.69, 9.17) is 5.11 Å². The van der Waals surface area contributed by atoms with E-state index in [0.717, 1.165) is 22.6 Å². The molecule has 0 atom stereocenters. The largest absolute Gasteiger partial charge is 0.508 e. The molecule has 3 aromatic rings. The van der Waals surface area contributed by atoms with Crippen LogP contribution in [0.5, 0.6) is 5.75 Å². The van der Waals surface area contributed by atoms with Gasteiger partial charge in [0.2, 0.25) is 0 Å². The maximum absolute atomic E-state index is 10.9. The van der Waals surface area contributed by atoms with Crippen LogP contribution in [0.25, 0.3) is 11.3 Å². The smallest absolute Gasteiger partial charge is 0.335 e. The van der Waals surface area contributed by atoms with E-state index in [1.165, 1.54) is 11.3 Å². The lowest BCUT2D eigenvalue weighted by atomic mass is 10.1. The number of carboxylic acids is 1. The van der Waals surface area contributed by atoms with Gasteiger partial charge in [0.15, 0.2) is 4.80 Å². The maximum atomic E-state index is 10.9. The number of phenolic OH excluding ortho intramolecular Hbond substituents is 1. The summed E-state index contributed by atoms with van der Waals surface area (Å²) in [5.74, 6) is -0.725. The number of benzene rings is 2. The Kier molecular flexibility index (Phi) is 4.48. The van der Waals surface area contributed by atoms with E-state index >= 15 is 0 Å². The first kappa shape index (κ1) is 16.0. The van der Waals surface area contributed by atoms with Gasteiger partial charge in [0.05, 0.1) is 16.9 Å². The van der Waals surface area contributed by atoms with Gasteiger partial charge in [-0.15, -0.1) is 11.3 Å². The van der Waals surface area contributed by atoms with Crippen LogP contribution in [0.3, 0.4) is 0 Å². The first-order chi connectivity index (χ1) is 11.6. The lowest BCUT2D eigenvalue weighted by molar-refractivity contribution is 0.0697. The van der Waals surface area contributed by atoms with Gasteiger partial charge >= 0.3 is 5.97 Å². The molecular weight excluding hydrogens is 324 g/mol. The standard InChI is InChI=1S/C18H16N2O3S/c1-2-20-16(13-4-3-5-15(21)10-13)11-24-18(20)19-14-8-6-12(7-9-14)17(22)23/h3-11,21H,2H2,1H3,(H,22,23)/b19-18-. The van der Waals surface area contributed by atoms with Crippen LogP contribution in [-0.2, 0) is 6.54 Å². The molecule has 0 saturated carbocycles. The highest BCUT2D eigenvalue weighted by molar-refractivity contribution is 7.07. The lowest BCUT2D eigenvalue weighted by Gasteiger charge is -2.06. The van der Waals surface area contributed by atoms with Gasteiger partial charge in [0.25, 0.3) is 0 Å². The van der Waals surface area contributed by atoms with Gasteiger partial charge in [-0.05, 0) is 43.3 Å². The molecule has 0 aliphatic carbocycles. The average Bonchev–Trinajstić information content (AvgIpc) is 2.98. The molecule has 0 amide bonds. The van der Waals surface area contributed by atoms with Crippen LogP contribution in [0, 0.1) is 0 Å². The highest BCUT2D eigenvalue weighted by atomic mass is 32.1. The number of thiazole rings is 1. The van der Waals surface area contributed by atoms with Crippen LogP contribution in [0.1, 0.15) is 17.3 Å². The van der Waals surface area contributed by atoms with E-state index in [1.807, 2.05) is 24.4 Å². The molecule has 2 aromatic carbocycles. The van der Waals surface area contributed by atoms with Crippen LogP contribution < -0.4 is 4.80 Å². The van der Waals surface area contributed by atoms with Crippen molar-refractivity contribution in [2.24, 2.45) is 4.99 Å². The van der Waals surface area contributed by atoms with E-state index < -0.39 is 5.97 Å². The Bertz CT molecular complexity index is 939. The van der Waals surface area contributed by atoms with Crippen molar-refractivity contribution in [1.29, 1.82) is 0 Å². The number of aromatic hydroxyl groups is 1. The number of phenols is 1. The Morgan fingerprint density at radius 3 is 2.58 bits per heavy atom. The number of aromatic carboxylic acids is 1. The Morgan fingerprint density at radius 2 is 1.96 bits per heavy atom. The number of rotatable bonds is 4. The van der Waals surface area contributed by atoms with Crippen molar-refractivity contribution in [3.05, 3.63) is 64.3 Å². The van der Waals surface area contributed by atoms with Crippen LogP contribution in [-0.4, -0.2) is 20.7 Å².